The molecular formula is C20H16BrNO5S2. The molecule has 6 nitrogen and oxygen atoms in total. The Balaban J connectivity index is 1.75. The van der Waals surface area contributed by atoms with Gasteiger partial charge in [0.15, 0.2) is 11.5 Å². The number of aliphatic carboxylic acids is 1. The summed E-state index contributed by atoms with van der Waals surface area (Å²) >= 11 is 9.58. The van der Waals surface area contributed by atoms with Crippen molar-refractivity contribution in [1.29, 1.82) is 0 Å². The van der Waals surface area contributed by atoms with Crippen molar-refractivity contribution < 1.29 is 24.2 Å². The zero-order valence-corrected chi connectivity index (χ0v) is 18.5. The Bertz CT molecular complexity index is 991. The molecule has 29 heavy (non-hydrogen) atoms. The topological polar surface area (TPSA) is 76.1 Å². The summed E-state index contributed by atoms with van der Waals surface area (Å²) in [6, 6.07) is 13.1. The van der Waals surface area contributed by atoms with Gasteiger partial charge in [-0.05, 0) is 41.5 Å². The van der Waals surface area contributed by atoms with Crippen LogP contribution in [-0.2, 0) is 16.2 Å². The number of thiocarbonyl (C=S) groups is 1. The van der Waals surface area contributed by atoms with E-state index in [-0.39, 0.29) is 4.32 Å². The summed E-state index contributed by atoms with van der Waals surface area (Å²) in [5, 5.41) is 8.92. The van der Waals surface area contributed by atoms with Crippen LogP contribution in [0.3, 0.4) is 0 Å². The maximum absolute atomic E-state index is 12.4. The Kier molecular flexibility index (Phi) is 6.94. The molecule has 1 amide bonds. The smallest absolute Gasteiger partial charge is 0.323 e. The standard InChI is InChI=1S/C20H16BrNO5S2/c1-26-16-8-13(9-17-19(25)22(10-18(23)24)20(28)29-17)4-7-15(16)27-11-12-2-5-14(21)6-3-12/h2-9H,10-11H2,1H3,(H,23,24). The number of methoxy groups -OCH3 is 1. The molecule has 0 spiro atoms. The Morgan fingerprint density at radius 2 is 1.97 bits per heavy atom. The van der Waals surface area contributed by atoms with E-state index < -0.39 is 18.4 Å². The SMILES string of the molecule is COc1cc(C=C2SC(=S)N(CC(=O)O)C2=O)ccc1OCc1ccc(Br)cc1. The van der Waals surface area contributed by atoms with Crippen LogP contribution < -0.4 is 9.47 Å². The number of carboxylic acids is 1. The fraction of sp³-hybridized carbons (Fsp3) is 0.150. The van der Waals surface area contributed by atoms with Crippen molar-refractivity contribution in [3.8, 4) is 11.5 Å². The maximum Gasteiger partial charge on any atom is 0.323 e. The molecule has 0 aliphatic carbocycles. The number of rotatable bonds is 7. The van der Waals surface area contributed by atoms with Crippen LogP contribution in [0.1, 0.15) is 11.1 Å². The number of benzene rings is 2. The summed E-state index contributed by atoms with van der Waals surface area (Å²) in [5.74, 6) is -0.434. The highest BCUT2D eigenvalue weighted by atomic mass is 79.9. The molecule has 150 valence electrons. The van der Waals surface area contributed by atoms with Crippen LogP contribution in [0.5, 0.6) is 11.5 Å². The number of carboxylic acid groups (broad SMARTS) is 1. The molecule has 1 heterocycles. The predicted molar refractivity (Wildman–Crippen MR) is 119 cm³/mol. The summed E-state index contributed by atoms with van der Waals surface area (Å²) in [6.07, 6.45) is 1.65. The Hall–Kier alpha value is -2.36. The first-order valence-electron chi connectivity index (χ1n) is 8.40. The summed E-state index contributed by atoms with van der Waals surface area (Å²) in [6.45, 7) is -0.0645. The van der Waals surface area contributed by atoms with Gasteiger partial charge in [-0.3, -0.25) is 14.5 Å². The van der Waals surface area contributed by atoms with E-state index in [0.29, 0.717) is 28.6 Å². The molecule has 0 aromatic heterocycles. The van der Waals surface area contributed by atoms with Gasteiger partial charge in [0.25, 0.3) is 5.91 Å². The third-order valence-corrected chi connectivity index (χ3v) is 5.87. The number of ether oxygens (including phenoxy) is 2. The number of nitrogens with zero attached hydrogens (tertiary/aromatic N) is 1. The highest BCUT2D eigenvalue weighted by molar-refractivity contribution is 9.10. The highest BCUT2D eigenvalue weighted by Gasteiger charge is 2.33. The van der Waals surface area contributed by atoms with Crippen molar-refractivity contribution >= 4 is 62.2 Å². The molecule has 2 aromatic carbocycles. The molecule has 3 rings (SSSR count). The molecule has 1 aliphatic rings. The van der Waals surface area contributed by atoms with Crippen LogP contribution in [0.4, 0.5) is 0 Å². The minimum atomic E-state index is -1.11. The van der Waals surface area contributed by atoms with Crippen LogP contribution in [-0.4, -0.2) is 39.9 Å². The van der Waals surface area contributed by atoms with Gasteiger partial charge in [-0.2, -0.15) is 0 Å². The predicted octanol–water partition coefficient (Wildman–Crippen LogP) is 4.32. The van der Waals surface area contributed by atoms with Crippen molar-refractivity contribution in [1.82, 2.24) is 4.90 Å². The lowest BCUT2D eigenvalue weighted by Gasteiger charge is -2.12. The summed E-state index contributed by atoms with van der Waals surface area (Å²) in [4.78, 5) is 24.7. The molecule has 1 N–H and O–H groups in total. The number of carbonyl (C=O) groups excluding carboxylic acids is 1. The summed E-state index contributed by atoms with van der Waals surface area (Å²) in [7, 11) is 1.54. The van der Waals surface area contributed by atoms with Gasteiger partial charge in [0.1, 0.15) is 17.5 Å². The third-order valence-electron chi connectivity index (χ3n) is 3.96. The molecular weight excluding hydrogens is 478 g/mol. The van der Waals surface area contributed by atoms with E-state index in [0.717, 1.165) is 26.7 Å². The summed E-state index contributed by atoms with van der Waals surface area (Å²) < 4.78 is 12.5. The molecule has 0 bridgehead atoms. The molecule has 1 fully saturated rings. The summed E-state index contributed by atoms with van der Waals surface area (Å²) in [5.41, 5.74) is 1.73. The van der Waals surface area contributed by atoms with Crippen molar-refractivity contribution in [2.24, 2.45) is 0 Å². The lowest BCUT2D eigenvalue weighted by atomic mass is 10.1. The van der Waals surface area contributed by atoms with E-state index in [4.69, 9.17) is 26.8 Å². The zero-order chi connectivity index (χ0) is 21.0. The third kappa shape index (κ3) is 5.37. The molecule has 1 aliphatic heterocycles. The van der Waals surface area contributed by atoms with E-state index in [2.05, 4.69) is 15.9 Å². The molecule has 0 radical (unpaired) electrons. The Morgan fingerprint density at radius 3 is 2.62 bits per heavy atom. The van der Waals surface area contributed by atoms with Crippen molar-refractivity contribution in [2.45, 2.75) is 6.61 Å². The first kappa shape index (κ1) is 21.4. The van der Waals surface area contributed by atoms with Crippen LogP contribution >= 0.6 is 39.9 Å². The lowest BCUT2D eigenvalue weighted by Crippen LogP contribution is -2.33. The number of halogens is 1. The van der Waals surface area contributed by atoms with Crippen LogP contribution in [0.15, 0.2) is 51.8 Å². The zero-order valence-electron chi connectivity index (χ0n) is 15.3. The van der Waals surface area contributed by atoms with Gasteiger partial charge in [0.05, 0.1) is 12.0 Å². The average Bonchev–Trinajstić information content (AvgIpc) is 2.95. The van der Waals surface area contributed by atoms with Gasteiger partial charge >= 0.3 is 5.97 Å². The minimum Gasteiger partial charge on any atom is -0.493 e. The normalized spacial score (nSPS) is 15.1. The molecule has 1 saturated heterocycles. The fourth-order valence-corrected chi connectivity index (χ4v) is 4.08. The first-order chi connectivity index (χ1) is 13.9. The minimum absolute atomic E-state index is 0.227. The number of amides is 1. The number of thioether (sulfide) groups is 1. The molecule has 0 atom stereocenters. The van der Waals surface area contributed by atoms with Gasteiger partial charge in [-0.1, -0.05) is 58.1 Å². The van der Waals surface area contributed by atoms with Crippen LogP contribution in [0.2, 0.25) is 0 Å². The van der Waals surface area contributed by atoms with Crippen LogP contribution in [0.25, 0.3) is 6.08 Å². The first-order valence-corrected chi connectivity index (χ1v) is 10.4. The maximum atomic E-state index is 12.4. The Labute approximate surface area is 185 Å². The molecule has 0 unspecified atom stereocenters. The second-order valence-electron chi connectivity index (χ2n) is 5.99. The van der Waals surface area contributed by atoms with Gasteiger partial charge in [0.2, 0.25) is 0 Å². The van der Waals surface area contributed by atoms with Gasteiger partial charge in [-0.25, -0.2) is 0 Å². The molecule has 0 saturated carbocycles. The quantitative estimate of drug-likeness (QED) is 0.454. The highest BCUT2D eigenvalue weighted by Crippen LogP contribution is 2.34. The van der Waals surface area contributed by atoms with E-state index in [1.807, 2.05) is 24.3 Å². The largest absolute Gasteiger partial charge is 0.493 e. The number of hydrogen-bond acceptors (Lipinski definition) is 6. The second-order valence-corrected chi connectivity index (χ2v) is 8.58. The van der Waals surface area contributed by atoms with Crippen molar-refractivity contribution in [3.05, 3.63) is 63.0 Å². The van der Waals surface area contributed by atoms with E-state index in [1.54, 1.807) is 24.3 Å². The fourth-order valence-electron chi connectivity index (χ4n) is 2.56. The van der Waals surface area contributed by atoms with E-state index >= 15 is 0 Å². The van der Waals surface area contributed by atoms with E-state index in [1.165, 1.54) is 7.11 Å². The monoisotopic (exact) mass is 493 g/mol. The average molecular weight is 494 g/mol. The Morgan fingerprint density at radius 1 is 1.24 bits per heavy atom. The van der Waals surface area contributed by atoms with Gasteiger partial charge in [0, 0.05) is 4.47 Å². The van der Waals surface area contributed by atoms with E-state index in [9.17, 15) is 9.59 Å². The van der Waals surface area contributed by atoms with Crippen molar-refractivity contribution in [2.75, 3.05) is 13.7 Å². The second kappa shape index (κ2) is 9.43. The van der Waals surface area contributed by atoms with Crippen molar-refractivity contribution in [3.63, 3.8) is 0 Å². The lowest BCUT2D eigenvalue weighted by molar-refractivity contribution is -0.140. The van der Waals surface area contributed by atoms with Gasteiger partial charge in [-0.15, -0.1) is 0 Å². The van der Waals surface area contributed by atoms with Gasteiger partial charge < -0.3 is 14.6 Å². The molecule has 2 aromatic rings. The molecule has 9 heteroatoms. The number of hydrogen-bond donors (Lipinski definition) is 1. The van der Waals surface area contributed by atoms with Crippen LogP contribution in [0, 0.1) is 0 Å². The number of carbonyl (C=O) groups is 2.